The number of aliphatic hydroxyl groups excluding tert-OH is 1. The molecule has 3 nitrogen and oxygen atoms in total. The highest BCUT2D eigenvalue weighted by atomic mass is 79.9. The summed E-state index contributed by atoms with van der Waals surface area (Å²) in [5, 5.41) is 13.7. The lowest BCUT2D eigenvalue weighted by Crippen LogP contribution is -2.30. The number of nitrogens with zero attached hydrogens (tertiary/aromatic N) is 1. The predicted octanol–water partition coefficient (Wildman–Crippen LogP) is 3.46. The monoisotopic (exact) mass is 318 g/mol. The van der Waals surface area contributed by atoms with Gasteiger partial charge in [-0.25, -0.2) is 4.98 Å². The Morgan fingerprint density at radius 2 is 2.24 bits per heavy atom. The number of hydrogen-bond donors (Lipinski definition) is 2. The van der Waals surface area contributed by atoms with E-state index in [4.69, 9.17) is 11.6 Å². The summed E-state index contributed by atoms with van der Waals surface area (Å²) >= 11 is 9.38. The standard InChI is InChI=1S/C12H16BrClN2O/c13-9-5-10(14)12(16-7-9)15-6-8-3-1-2-4-11(8)17/h5,7-8,11,17H,1-4,6H2,(H,15,16). The van der Waals surface area contributed by atoms with Gasteiger partial charge in [0.2, 0.25) is 0 Å². The summed E-state index contributed by atoms with van der Waals surface area (Å²) in [7, 11) is 0. The number of hydrogen-bond acceptors (Lipinski definition) is 3. The van der Waals surface area contributed by atoms with Gasteiger partial charge >= 0.3 is 0 Å². The van der Waals surface area contributed by atoms with Gasteiger partial charge in [0, 0.05) is 23.1 Å². The van der Waals surface area contributed by atoms with Gasteiger partial charge in [0.25, 0.3) is 0 Å². The van der Waals surface area contributed by atoms with Crippen LogP contribution in [0.3, 0.4) is 0 Å². The van der Waals surface area contributed by atoms with E-state index in [1.807, 2.05) is 6.07 Å². The highest BCUT2D eigenvalue weighted by Crippen LogP contribution is 2.27. The first kappa shape index (κ1) is 13.1. The first-order valence-electron chi connectivity index (χ1n) is 5.90. The van der Waals surface area contributed by atoms with Crippen molar-refractivity contribution < 1.29 is 5.11 Å². The molecule has 1 aromatic rings. The van der Waals surface area contributed by atoms with Gasteiger partial charge in [-0.3, -0.25) is 0 Å². The molecular formula is C12H16BrClN2O. The first-order chi connectivity index (χ1) is 8.16. The fourth-order valence-corrected chi connectivity index (χ4v) is 2.89. The topological polar surface area (TPSA) is 45.1 Å². The zero-order valence-electron chi connectivity index (χ0n) is 9.50. The quantitative estimate of drug-likeness (QED) is 0.897. The lowest BCUT2D eigenvalue weighted by Gasteiger charge is -2.27. The molecule has 0 aliphatic heterocycles. The van der Waals surface area contributed by atoms with Crippen molar-refractivity contribution in [1.29, 1.82) is 0 Å². The summed E-state index contributed by atoms with van der Waals surface area (Å²) in [5.74, 6) is 0.998. The fourth-order valence-electron chi connectivity index (χ4n) is 2.20. The Kier molecular flexibility index (Phi) is 4.65. The minimum Gasteiger partial charge on any atom is -0.393 e. The zero-order valence-corrected chi connectivity index (χ0v) is 11.8. The average molecular weight is 320 g/mol. The Hall–Kier alpha value is -0.320. The van der Waals surface area contributed by atoms with Crippen molar-refractivity contribution in [3.8, 4) is 0 Å². The van der Waals surface area contributed by atoms with E-state index < -0.39 is 0 Å². The number of halogens is 2. The maximum atomic E-state index is 9.86. The van der Waals surface area contributed by atoms with E-state index in [2.05, 4.69) is 26.2 Å². The van der Waals surface area contributed by atoms with Gasteiger partial charge in [0.15, 0.2) is 0 Å². The minimum absolute atomic E-state index is 0.189. The molecule has 1 saturated carbocycles. The molecule has 1 aliphatic rings. The smallest absolute Gasteiger partial charge is 0.144 e. The van der Waals surface area contributed by atoms with Crippen LogP contribution in [0.2, 0.25) is 5.02 Å². The van der Waals surface area contributed by atoms with Crippen molar-refractivity contribution in [2.45, 2.75) is 31.8 Å². The Morgan fingerprint density at radius 3 is 2.94 bits per heavy atom. The van der Waals surface area contributed by atoms with Crippen molar-refractivity contribution in [2.75, 3.05) is 11.9 Å². The normalized spacial score (nSPS) is 24.6. The lowest BCUT2D eigenvalue weighted by atomic mass is 9.86. The summed E-state index contributed by atoms with van der Waals surface area (Å²) in [6.45, 7) is 0.732. The van der Waals surface area contributed by atoms with Gasteiger partial charge in [0.05, 0.1) is 11.1 Å². The highest BCUT2D eigenvalue weighted by Gasteiger charge is 2.22. The second-order valence-electron chi connectivity index (χ2n) is 4.48. The van der Waals surface area contributed by atoms with Crippen LogP contribution in [0.15, 0.2) is 16.7 Å². The molecule has 5 heteroatoms. The van der Waals surface area contributed by atoms with Gasteiger partial charge in [-0.05, 0) is 34.8 Å². The number of nitrogens with one attached hydrogen (secondary N) is 1. The number of anilines is 1. The highest BCUT2D eigenvalue weighted by molar-refractivity contribution is 9.10. The third kappa shape index (κ3) is 3.57. The molecule has 2 N–H and O–H groups in total. The van der Waals surface area contributed by atoms with Crippen LogP contribution in [-0.4, -0.2) is 22.7 Å². The van der Waals surface area contributed by atoms with E-state index in [9.17, 15) is 5.11 Å². The predicted molar refractivity (Wildman–Crippen MR) is 73.4 cm³/mol. The molecule has 0 aromatic carbocycles. The molecule has 2 unspecified atom stereocenters. The molecule has 0 radical (unpaired) electrons. The van der Waals surface area contributed by atoms with E-state index in [0.717, 1.165) is 30.3 Å². The Bertz CT molecular complexity index is 389. The van der Waals surface area contributed by atoms with Crippen LogP contribution in [0.1, 0.15) is 25.7 Å². The first-order valence-corrected chi connectivity index (χ1v) is 7.07. The fraction of sp³-hybridized carbons (Fsp3) is 0.583. The van der Waals surface area contributed by atoms with Crippen LogP contribution in [0.25, 0.3) is 0 Å². The molecule has 1 aromatic heterocycles. The molecule has 1 aliphatic carbocycles. The summed E-state index contributed by atoms with van der Waals surface area (Å²) < 4.78 is 0.866. The second-order valence-corrected chi connectivity index (χ2v) is 5.80. The van der Waals surface area contributed by atoms with Gasteiger partial charge in [-0.15, -0.1) is 0 Å². The molecule has 0 bridgehead atoms. The zero-order chi connectivity index (χ0) is 12.3. The minimum atomic E-state index is -0.189. The third-order valence-electron chi connectivity index (χ3n) is 3.21. The van der Waals surface area contributed by atoms with Crippen LogP contribution < -0.4 is 5.32 Å². The molecular weight excluding hydrogens is 304 g/mol. The molecule has 2 rings (SSSR count). The molecule has 2 atom stereocenters. The largest absolute Gasteiger partial charge is 0.393 e. The number of aromatic nitrogens is 1. The van der Waals surface area contributed by atoms with E-state index in [-0.39, 0.29) is 6.10 Å². The van der Waals surface area contributed by atoms with Crippen LogP contribution in [0.5, 0.6) is 0 Å². The van der Waals surface area contributed by atoms with Crippen LogP contribution >= 0.6 is 27.5 Å². The number of rotatable bonds is 3. The van der Waals surface area contributed by atoms with Gasteiger partial charge < -0.3 is 10.4 Å². The SMILES string of the molecule is OC1CCCCC1CNc1ncc(Br)cc1Cl. The van der Waals surface area contributed by atoms with Gasteiger partial charge in [-0.1, -0.05) is 24.4 Å². The molecule has 1 fully saturated rings. The van der Waals surface area contributed by atoms with E-state index in [0.29, 0.717) is 16.8 Å². The summed E-state index contributed by atoms with van der Waals surface area (Å²) in [4.78, 5) is 4.22. The van der Waals surface area contributed by atoms with Crippen LogP contribution in [0.4, 0.5) is 5.82 Å². The molecule has 94 valence electrons. The van der Waals surface area contributed by atoms with Crippen LogP contribution in [0, 0.1) is 5.92 Å². The maximum Gasteiger partial charge on any atom is 0.144 e. The van der Waals surface area contributed by atoms with E-state index in [1.54, 1.807) is 6.20 Å². The summed E-state index contributed by atoms with van der Waals surface area (Å²) in [5.41, 5.74) is 0. The molecule has 1 heterocycles. The van der Waals surface area contributed by atoms with E-state index in [1.165, 1.54) is 6.42 Å². The van der Waals surface area contributed by atoms with Gasteiger partial charge in [-0.2, -0.15) is 0 Å². The Labute approximate surface area is 115 Å². The van der Waals surface area contributed by atoms with Gasteiger partial charge in [0.1, 0.15) is 5.82 Å². The van der Waals surface area contributed by atoms with Crippen molar-refractivity contribution >= 4 is 33.3 Å². The molecule has 0 spiro atoms. The van der Waals surface area contributed by atoms with Crippen molar-refractivity contribution in [3.63, 3.8) is 0 Å². The van der Waals surface area contributed by atoms with Crippen molar-refractivity contribution in [2.24, 2.45) is 5.92 Å². The maximum absolute atomic E-state index is 9.86. The average Bonchev–Trinajstić information content (AvgIpc) is 2.30. The number of aliphatic hydroxyl groups is 1. The number of pyridine rings is 1. The Balaban J connectivity index is 1.92. The third-order valence-corrected chi connectivity index (χ3v) is 3.93. The molecule has 0 saturated heterocycles. The van der Waals surface area contributed by atoms with Crippen molar-refractivity contribution in [1.82, 2.24) is 4.98 Å². The molecule has 17 heavy (non-hydrogen) atoms. The van der Waals surface area contributed by atoms with Crippen LogP contribution in [-0.2, 0) is 0 Å². The summed E-state index contributed by atoms with van der Waals surface area (Å²) in [6.07, 6.45) is 5.84. The summed E-state index contributed by atoms with van der Waals surface area (Å²) in [6, 6.07) is 1.81. The molecule has 0 amide bonds. The second kappa shape index (κ2) is 6.03. The Morgan fingerprint density at radius 1 is 1.47 bits per heavy atom. The van der Waals surface area contributed by atoms with Crippen molar-refractivity contribution in [3.05, 3.63) is 21.8 Å². The van der Waals surface area contributed by atoms with E-state index >= 15 is 0 Å². The lowest BCUT2D eigenvalue weighted by molar-refractivity contribution is 0.0763.